The average molecular weight is 392 g/mol. The molecule has 0 bridgehead atoms. The molecule has 0 heterocycles. The van der Waals surface area contributed by atoms with Gasteiger partial charge >= 0.3 is 5.97 Å². The average Bonchev–Trinajstić information content (AvgIpc) is 2.42. The number of benzene rings is 1. The highest BCUT2D eigenvalue weighted by atomic mass is 127. The molecule has 0 aliphatic heterocycles. The molecular formula is C15H23INO3+. The van der Waals surface area contributed by atoms with Gasteiger partial charge in [0.05, 0.1) is 39.4 Å². The third-order valence-corrected chi connectivity index (χ3v) is 3.86. The van der Waals surface area contributed by atoms with Gasteiger partial charge in [0.2, 0.25) is 0 Å². The third kappa shape index (κ3) is 6.67. The van der Waals surface area contributed by atoms with Gasteiger partial charge in [0, 0.05) is 23.0 Å². The Labute approximate surface area is 134 Å². The molecule has 1 aromatic rings. The summed E-state index contributed by atoms with van der Waals surface area (Å²) in [6.07, 6.45) is 1.63. The van der Waals surface area contributed by atoms with Crippen molar-refractivity contribution in [3.8, 4) is 0 Å². The SMILES string of the molecule is C[N+](C)(CCCO)CCCOC(=O)c1ccc(I)cc1. The van der Waals surface area contributed by atoms with Crippen LogP contribution in [0.1, 0.15) is 23.2 Å². The van der Waals surface area contributed by atoms with Crippen LogP contribution in [-0.2, 0) is 4.74 Å². The lowest BCUT2D eigenvalue weighted by Crippen LogP contribution is -2.42. The fourth-order valence-electron chi connectivity index (χ4n) is 1.94. The number of hydrogen-bond acceptors (Lipinski definition) is 3. The van der Waals surface area contributed by atoms with Crippen molar-refractivity contribution in [3.63, 3.8) is 0 Å². The molecule has 0 fully saturated rings. The first-order chi connectivity index (χ1) is 9.44. The quantitative estimate of drug-likeness (QED) is 0.320. The Bertz CT molecular complexity index is 418. The van der Waals surface area contributed by atoms with E-state index in [0.29, 0.717) is 12.2 Å². The van der Waals surface area contributed by atoms with Crippen LogP contribution in [0, 0.1) is 3.57 Å². The normalized spacial score (nSPS) is 11.4. The highest BCUT2D eigenvalue weighted by Crippen LogP contribution is 2.08. The maximum Gasteiger partial charge on any atom is 0.338 e. The predicted molar refractivity (Wildman–Crippen MR) is 87.6 cm³/mol. The molecule has 0 unspecified atom stereocenters. The lowest BCUT2D eigenvalue weighted by Gasteiger charge is -2.29. The summed E-state index contributed by atoms with van der Waals surface area (Å²) in [5.74, 6) is -0.262. The van der Waals surface area contributed by atoms with Gasteiger partial charge in [-0.2, -0.15) is 0 Å². The molecule has 0 spiro atoms. The van der Waals surface area contributed by atoms with Gasteiger partial charge in [-0.25, -0.2) is 4.79 Å². The van der Waals surface area contributed by atoms with Crippen LogP contribution < -0.4 is 0 Å². The van der Waals surface area contributed by atoms with Crippen LogP contribution in [0.3, 0.4) is 0 Å². The van der Waals surface area contributed by atoms with Crippen molar-refractivity contribution < 1.29 is 19.1 Å². The molecule has 20 heavy (non-hydrogen) atoms. The first-order valence-electron chi connectivity index (χ1n) is 6.80. The minimum Gasteiger partial charge on any atom is -0.462 e. The van der Waals surface area contributed by atoms with Crippen molar-refractivity contribution in [2.24, 2.45) is 0 Å². The second-order valence-electron chi connectivity index (χ2n) is 5.46. The van der Waals surface area contributed by atoms with E-state index in [1.807, 2.05) is 12.1 Å². The van der Waals surface area contributed by atoms with Crippen molar-refractivity contribution in [3.05, 3.63) is 33.4 Å². The number of quaternary nitrogens is 1. The lowest BCUT2D eigenvalue weighted by atomic mass is 10.2. The van der Waals surface area contributed by atoms with Crippen molar-refractivity contribution in [2.45, 2.75) is 12.8 Å². The molecule has 0 aromatic heterocycles. The molecule has 4 nitrogen and oxygen atoms in total. The molecule has 1 N–H and O–H groups in total. The molecule has 0 aliphatic rings. The zero-order valence-corrected chi connectivity index (χ0v) is 14.3. The van der Waals surface area contributed by atoms with Crippen molar-refractivity contribution >= 4 is 28.6 Å². The van der Waals surface area contributed by atoms with E-state index in [4.69, 9.17) is 9.84 Å². The minimum absolute atomic E-state index is 0.226. The summed E-state index contributed by atoms with van der Waals surface area (Å²) in [5.41, 5.74) is 0.597. The second kappa shape index (κ2) is 8.59. The molecule has 1 rings (SSSR count). The van der Waals surface area contributed by atoms with Gasteiger partial charge in [0.1, 0.15) is 0 Å². The summed E-state index contributed by atoms with van der Waals surface area (Å²) in [7, 11) is 4.24. The molecule has 112 valence electrons. The first kappa shape index (κ1) is 17.4. The smallest absolute Gasteiger partial charge is 0.338 e. The predicted octanol–water partition coefficient (Wildman–Crippen LogP) is 2.30. The van der Waals surface area contributed by atoms with E-state index in [1.165, 1.54) is 0 Å². The Morgan fingerprint density at radius 3 is 2.40 bits per heavy atom. The standard InChI is InChI=1S/C15H23INO3/c1-17(2,9-3-11-18)10-4-12-20-15(19)13-5-7-14(16)8-6-13/h5-8,18H,3-4,9-12H2,1-2H3/q+1. The van der Waals surface area contributed by atoms with Crippen LogP contribution >= 0.6 is 22.6 Å². The molecule has 0 atom stereocenters. The Hall–Kier alpha value is -0.660. The number of aliphatic hydroxyl groups is 1. The largest absolute Gasteiger partial charge is 0.462 e. The van der Waals surface area contributed by atoms with Crippen LogP contribution in [0.25, 0.3) is 0 Å². The van der Waals surface area contributed by atoms with Crippen LogP contribution in [-0.4, -0.2) is 56.0 Å². The van der Waals surface area contributed by atoms with E-state index in [-0.39, 0.29) is 12.6 Å². The van der Waals surface area contributed by atoms with E-state index in [9.17, 15) is 4.79 Å². The number of nitrogens with zero attached hydrogens (tertiary/aromatic N) is 1. The summed E-state index contributed by atoms with van der Waals surface area (Å²) in [6, 6.07) is 7.36. The number of rotatable bonds is 8. The monoisotopic (exact) mass is 392 g/mol. The fraction of sp³-hybridized carbons (Fsp3) is 0.533. The van der Waals surface area contributed by atoms with Gasteiger partial charge < -0.3 is 14.3 Å². The highest BCUT2D eigenvalue weighted by molar-refractivity contribution is 14.1. The number of halogens is 1. The Morgan fingerprint density at radius 2 is 1.80 bits per heavy atom. The number of esters is 1. The van der Waals surface area contributed by atoms with Crippen molar-refractivity contribution in [2.75, 3.05) is 40.4 Å². The van der Waals surface area contributed by atoms with E-state index in [1.54, 1.807) is 12.1 Å². The zero-order chi connectivity index (χ0) is 15.0. The van der Waals surface area contributed by atoms with Crippen LogP contribution in [0.2, 0.25) is 0 Å². The number of ether oxygens (including phenoxy) is 1. The number of carbonyl (C=O) groups is 1. The van der Waals surface area contributed by atoms with Crippen molar-refractivity contribution in [1.29, 1.82) is 0 Å². The highest BCUT2D eigenvalue weighted by Gasteiger charge is 2.14. The fourth-order valence-corrected chi connectivity index (χ4v) is 2.30. The molecule has 5 heteroatoms. The van der Waals surface area contributed by atoms with E-state index in [0.717, 1.165) is 34.0 Å². The van der Waals surface area contributed by atoms with E-state index in [2.05, 4.69) is 36.7 Å². The van der Waals surface area contributed by atoms with Gasteiger partial charge in [0.25, 0.3) is 0 Å². The Morgan fingerprint density at radius 1 is 1.20 bits per heavy atom. The first-order valence-corrected chi connectivity index (χ1v) is 7.88. The molecule has 0 aliphatic carbocycles. The minimum atomic E-state index is -0.262. The van der Waals surface area contributed by atoms with Gasteiger partial charge in [0.15, 0.2) is 0 Å². The molecule has 0 saturated heterocycles. The molecular weight excluding hydrogens is 369 g/mol. The maximum atomic E-state index is 11.8. The van der Waals surface area contributed by atoms with Crippen LogP contribution in [0.4, 0.5) is 0 Å². The summed E-state index contributed by atoms with van der Waals surface area (Å²) in [5, 5.41) is 8.84. The van der Waals surface area contributed by atoms with Crippen molar-refractivity contribution in [1.82, 2.24) is 0 Å². The summed E-state index contributed by atoms with van der Waals surface area (Å²) in [4.78, 5) is 11.8. The number of aliphatic hydroxyl groups excluding tert-OH is 1. The summed E-state index contributed by atoms with van der Waals surface area (Å²) < 4.78 is 7.20. The Balaban J connectivity index is 2.27. The molecule has 0 saturated carbocycles. The van der Waals surface area contributed by atoms with Gasteiger partial charge in [-0.1, -0.05) is 0 Å². The molecule has 1 aromatic carbocycles. The molecule has 0 amide bonds. The summed E-state index contributed by atoms with van der Waals surface area (Å²) in [6.45, 7) is 2.52. The molecule has 0 radical (unpaired) electrons. The lowest BCUT2D eigenvalue weighted by molar-refractivity contribution is -0.890. The number of carbonyl (C=O) groups excluding carboxylic acids is 1. The zero-order valence-electron chi connectivity index (χ0n) is 12.1. The van der Waals surface area contributed by atoms with Gasteiger partial charge in [-0.05, 0) is 46.9 Å². The Kier molecular flexibility index (Phi) is 7.47. The van der Waals surface area contributed by atoms with E-state index >= 15 is 0 Å². The topological polar surface area (TPSA) is 46.5 Å². The van der Waals surface area contributed by atoms with E-state index < -0.39 is 0 Å². The van der Waals surface area contributed by atoms with Gasteiger partial charge in [-0.15, -0.1) is 0 Å². The third-order valence-electron chi connectivity index (χ3n) is 3.14. The van der Waals surface area contributed by atoms with Gasteiger partial charge in [-0.3, -0.25) is 0 Å². The number of hydrogen-bond donors (Lipinski definition) is 1. The van der Waals surface area contributed by atoms with Crippen LogP contribution in [0.5, 0.6) is 0 Å². The van der Waals surface area contributed by atoms with Crippen LogP contribution in [0.15, 0.2) is 24.3 Å². The maximum absolute atomic E-state index is 11.8. The summed E-state index contributed by atoms with van der Waals surface area (Å²) >= 11 is 2.20. The second-order valence-corrected chi connectivity index (χ2v) is 6.70.